The van der Waals surface area contributed by atoms with Gasteiger partial charge in [0.15, 0.2) is 0 Å². The number of likely N-dealkylation sites (tertiary alicyclic amines) is 1. The number of alkyl halides is 3. The smallest absolute Gasteiger partial charge is 0.354 e. The summed E-state index contributed by atoms with van der Waals surface area (Å²) in [6.07, 6.45) is 2.06. The first-order chi connectivity index (χ1) is 17.5. The first kappa shape index (κ1) is 25.3. The second-order valence-corrected chi connectivity index (χ2v) is 10.5. The number of nitrogens with one attached hydrogen (secondary N) is 1. The Kier molecular flexibility index (Phi) is 6.52. The van der Waals surface area contributed by atoms with Gasteiger partial charge in [-0.3, -0.25) is 9.69 Å². The van der Waals surface area contributed by atoms with Crippen LogP contribution in [0.4, 0.5) is 13.2 Å². The standard InChI is InChI=1S/C28H32F3N5O/c1-17(2)25-21-13-19(18-7-10-35(11-8-18)16-24(37)34(3)4)5-6-23(21)33-26(25)20-14-22(28(29,30)31)27-32-9-12-36(27)15-20/h5-6,9,12-15,17-18,33H,7-8,10-11,16H2,1-4H3. The van der Waals surface area contributed by atoms with Crippen LogP contribution >= 0.6 is 0 Å². The average Bonchev–Trinajstić information content (AvgIpc) is 3.47. The van der Waals surface area contributed by atoms with Gasteiger partial charge in [0.25, 0.3) is 0 Å². The predicted octanol–water partition coefficient (Wildman–Crippen LogP) is 5.89. The van der Waals surface area contributed by atoms with Gasteiger partial charge in [-0.25, -0.2) is 4.98 Å². The minimum atomic E-state index is -4.51. The van der Waals surface area contributed by atoms with Gasteiger partial charge in [-0.1, -0.05) is 19.9 Å². The predicted molar refractivity (Wildman–Crippen MR) is 139 cm³/mol. The number of H-pyrrole nitrogens is 1. The van der Waals surface area contributed by atoms with E-state index in [1.54, 1.807) is 31.4 Å². The van der Waals surface area contributed by atoms with Gasteiger partial charge in [0, 0.05) is 49.2 Å². The van der Waals surface area contributed by atoms with Crippen molar-refractivity contribution in [3.8, 4) is 11.3 Å². The van der Waals surface area contributed by atoms with Crippen molar-refractivity contribution in [1.82, 2.24) is 24.2 Å². The molecule has 1 aliphatic rings. The van der Waals surface area contributed by atoms with Crippen molar-refractivity contribution in [1.29, 1.82) is 0 Å². The topological polar surface area (TPSA) is 56.6 Å². The maximum absolute atomic E-state index is 13.9. The molecule has 1 amide bonds. The molecule has 196 valence electrons. The molecule has 4 aromatic rings. The highest BCUT2D eigenvalue weighted by atomic mass is 19.4. The van der Waals surface area contributed by atoms with Crippen molar-refractivity contribution >= 4 is 22.5 Å². The van der Waals surface area contributed by atoms with E-state index in [0.717, 1.165) is 42.4 Å². The molecule has 0 aliphatic carbocycles. The molecule has 1 aromatic carbocycles. The van der Waals surface area contributed by atoms with Gasteiger partial charge in [0.2, 0.25) is 5.91 Å². The third kappa shape index (κ3) is 4.84. The Hall–Kier alpha value is -3.33. The number of hydrogen-bond donors (Lipinski definition) is 1. The van der Waals surface area contributed by atoms with E-state index in [1.165, 1.54) is 22.2 Å². The molecule has 1 fully saturated rings. The molecule has 1 N–H and O–H groups in total. The maximum Gasteiger partial charge on any atom is 0.420 e. The second-order valence-electron chi connectivity index (χ2n) is 10.5. The summed E-state index contributed by atoms with van der Waals surface area (Å²) in [7, 11) is 3.55. The molecule has 3 aromatic heterocycles. The third-order valence-corrected chi connectivity index (χ3v) is 7.44. The molecular formula is C28H32F3N5O. The van der Waals surface area contributed by atoms with Crippen LogP contribution in [0.1, 0.15) is 55.2 Å². The highest BCUT2D eigenvalue weighted by Crippen LogP contribution is 2.40. The number of rotatable bonds is 5. The van der Waals surface area contributed by atoms with Gasteiger partial charge < -0.3 is 14.3 Å². The number of likely N-dealkylation sites (N-methyl/N-ethyl adjacent to an activating group) is 1. The summed E-state index contributed by atoms with van der Waals surface area (Å²) in [5.41, 5.74) is 3.51. The maximum atomic E-state index is 13.9. The number of pyridine rings is 1. The lowest BCUT2D eigenvalue weighted by atomic mass is 9.87. The number of aromatic nitrogens is 3. The number of carbonyl (C=O) groups is 1. The number of imidazole rings is 1. The average molecular weight is 512 g/mol. The summed E-state index contributed by atoms with van der Waals surface area (Å²) in [4.78, 5) is 23.2. The van der Waals surface area contributed by atoms with E-state index in [9.17, 15) is 18.0 Å². The van der Waals surface area contributed by atoms with Crippen molar-refractivity contribution in [3.05, 3.63) is 59.5 Å². The van der Waals surface area contributed by atoms with E-state index < -0.39 is 11.7 Å². The van der Waals surface area contributed by atoms with E-state index in [-0.39, 0.29) is 17.5 Å². The molecule has 0 atom stereocenters. The van der Waals surface area contributed by atoms with Crippen LogP contribution in [-0.2, 0) is 11.0 Å². The van der Waals surface area contributed by atoms with Gasteiger partial charge >= 0.3 is 6.18 Å². The molecule has 6 nitrogen and oxygen atoms in total. The van der Waals surface area contributed by atoms with E-state index in [1.807, 2.05) is 6.07 Å². The lowest BCUT2D eigenvalue weighted by Crippen LogP contribution is -2.40. The molecule has 37 heavy (non-hydrogen) atoms. The summed E-state index contributed by atoms with van der Waals surface area (Å²) in [5, 5.41) is 1.05. The van der Waals surface area contributed by atoms with E-state index in [4.69, 9.17) is 0 Å². The van der Waals surface area contributed by atoms with Crippen molar-refractivity contribution in [2.24, 2.45) is 0 Å². The van der Waals surface area contributed by atoms with Crippen LogP contribution in [0.2, 0.25) is 0 Å². The molecule has 4 heterocycles. The van der Waals surface area contributed by atoms with Crippen LogP contribution < -0.4 is 0 Å². The van der Waals surface area contributed by atoms with Gasteiger partial charge in [0.1, 0.15) is 5.65 Å². The molecule has 0 unspecified atom stereocenters. The lowest BCUT2D eigenvalue weighted by molar-refractivity contribution is -0.136. The number of carbonyl (C=O) groups excluding carboxylic acids is 1. The van der Waals surface area contributed by atoms with E-state index in [2.05, 4.69) is 40.8 Å². The molecular weight excluding hydrogens is 479 g/mol. The van der Waals surface area contributed by atoms with Gasteiger partial charge in [-0.05, 0) is 67.1 Å². The highest BCUT2D eigenvalue weighted by molar-refractivity contribution is 5.92. The minimum Gasteiger partial charge on any atom is -0.354 e. The fourth-order valence-electron chi connectivity index (χ4n) is 5.45. The van der Waals surface area contributed by atoms with Crippen LogP contribution in [0, 0.1) is 0 Å². The second kappa shape index (κ2) is 9.52. The summed E-state index contributed by atoms with van der Waals surface area (Å²) in [6, 6.07) is 7.57. The number of aromatic amines is 1. The number of amides is 1. The fourth-order valence-corrected chi connectivity index (χ4v) is 5.45. The Morgan fingerprint density at radius 1 is 1.19 bits per heavy atom. The number of nitrogens with zero attached hydrogens (tertiary/aromatic N) is 4. The van der Waals surface area contributed by atoms with Crippen LogP contribution in [-0.4, -0.2) is 63.8 Å². The molecule has 0 saturated carbocycles. The number of benzene rings is 1. The molecule has 0 spiro atoms. The molecule has 0 bridgehead atoms. The van der Waals surface area contributed by atoms with Crippen molar-refractivity contribution in [2.75, 3.05) is 33.7 Å². The molecule has 0 radical (unpaired) electrons. The van der Waals surface area contributed by atoms with Crippen LogP contribution in [0.5, 0.6) is 0 Å². The zero-order valence-electron chi connectivity index (χ0n) is 21.6. The van der Waals surface area contributed by atoms with Crippen molar-refractivity contribution < 1.29 is 18.0 Å². The van der Waals surface area contributed by atoms with Gasteiger partial charge in [-0.2, -0.15) is 13.2 Å². The summed E-state index contributed by atoms with van der Waals surface area (Å²) in [6.45, 7) is 6.31. The normalized spacial score (nSPS) is 15.8. The largest absolute Gasteiger partial charge is 0.420 e. The zero-order chi connectivity index (χ0) is 26.5. The Bertz CT molecular complexity index is 1440. The zero-order valence-corrected chi connectivity index (χ0v) is 21.6. The Morgan fingerprint density at radius 2 is 1.92 bits per heavy atom. The lowest BCUT2D eigenvalue weighted by Gasteiger charge is -2.32. The Morgan fingerprint density at radius 3 is 2.57 bits per heavy atom. The van der Waals surface area contributed by atoms with Crippen LogP contribution in [0.15, 0.2) is 42.9 Å². The Balaban J connectivity index is 1.50. The SMILES string of the molecule is CC(C)c1c(-c2cc(C(F)(F)F)c3nccn3c2)[nH]c2ccc(C3CCN(CC(=O)N(C)C)CC3)cc12. The fraction of sp³-hybridized carbons (Fsp3) is 0.429. The van der Waals surface area contributed by atoms with Crippen LogP contribution in [0.25, 0.3) is 27.8 Å². The monoisotopic (exact) mass is 511 g/mol. The summed E-state index contributed by atoms with van der Waals surface area (Å²) < 4.78 is 43.0. The van der Waals surface area contributed by atoms with E-state index in [0.29, 0.717) is 23.7 Å². The number of piperidine rings is 1. The van der Waals surface area contributed by atoms with E-state index >= 15 is 0 Å². The minimum absolute atomic E-state index is 0.0978. The quantitative estimate of drug-likeness (QED) is 0.363. The Labute approximate surface area is 214 Å². The third-order valence-electron chi connectivity index (χ3n) is 7.44. The van der Waals surface area contributed by atoms with Crippen LogP contribution in [0.3, 0.4) is 0 Å². The highest BCUT2D eigenvalue weighted by Gasteiger charge is 2.35. The molecule has 1 saturated heterocycles. The van der Waals surface area contributed by atoms with Gasteiger partial charge in [-0.15, -0.1) is 0 Å². The first-order valence-electron chi connectivity index (χ1n) is 12.6. The van der Waals surface area contributed by atoms with Crippen molar-refractivity contribution in [3.63, 3.8) is 0 Å². The number of fused-ring (bicyclic) bond motifs is 2. The van der Waals surface area contributed by atoms with Crippen molar-refractivity contribution in [2.45, 2.75) is 44.7 Å². The molecule has 1 aliphatic heterocycles. The number of hydrogen-bond acceptors (Lipinski definition) is 3. The molecule has 5 rings (SSSR count). The van der Waals surface area contributed by atoms with Gasteiger partial charge in [0.05, 0.1) is 17.8 Å². The molecule has 9 heteroatoms. The summed E-state index contributed by atoms with van der Waals surface area (Å²) in [5.74, 6) is 0.599. The first-order valence-corrected chi connectivity index (χ1v) is 12.6. The summed E-state index contributed by atoms with van der Waals surface area (Å²) >= 11 is 0. The number of halogens is 3.